The molecule has 1 aromatic heterocycles. The van der Waals surface area contributed by atoms with E-state index in [1.165, 1.54) is 10.9 Å². The van der Waals surface area contributed by atoms with Crippen LogP contribution in [0.5, 0.6) is 0 Å². The van der Waals surface area contributed by atoms with Crippen molar-refractivity contribution in [3.63, 3.8) is 0 Å². The molecule has 7 nitrogen and oxygen atoms in total. The van der Waals surface area contributed by atoms with Gasteiger partial charge in [0.1, 0.15) is 5.56 Å². The first-order valence-corrected chi connectivity index (χ1v) is 6.44. The fraction of sp³-hybridized carbons (Fsp3) is 0.308. The first-order valence-electron chi connectivity index (χ1n) is 6.44. The van der Waals surface area contributed by atoms with E-state index >= 15 is 0 Å². The van der Waals surface area contributed by atoms with Gasteiger partial charge in [-0.15, -0.1) is 0 Å². The van der Waals surface area contributed by atoms with E-state index in [0.29, 0.717) is 11.6 Å². The van der Waals surface area contributed by atoms with Gasteiger partial charge >= 0.3 is 6.18 Å². The zero-order valence-electron chi connectivity index (χ0n) is 11.9. The lowest BCUT2D eigenvalue weighted by molar-refractivity contribution is -0.388. The van der Waals surface area contributed by atoms with Crippen LogP contribution in [0.15, 0.2) is 30.6 Å². The molecule has 0 aliphatic carbocycles. The van der Waals surface area contributed by atoms with Gasteiger partial charge in [-0.05, 0) is 12.1 Å². The molecule has 0 radical (unpaired) electrons. The minimum Gasteiger partial charge on any atom is -0.386 e. The highest BCUT2D eigenvalue weighted by Crippen LogP contribution is 2.37. The van der Waals surface area contributed by atoms with Crippen molar-refractivity contribution in [1.82, 2.24) is 9.78 Å². The van der Waals surface area contributed by atoms with E-state index in [2.05, 4.69) is 10.4 Å². The maximum Gasteiger partial charge on any atom is 0.423 e. The third-order valence-electron chi connectivity index (χ3n) is 3.11. The average Bonchev–Trinajstić information content (AvgIpc) is 2.90. The Morgan fingerprint density at radius 2 is 2.17 bits per heavy atom. The molecule has 1 atom stereocenters. The van der Waals surface area contributed by atoms with Crippen molar-refractivity contribution < 1.29 is 23.2 Å². The number of nitrogens with one attached hydrogen (secondary N) is 1. The molecule has 1 aromatic carbocycles. The molecule has 0 amide bonds. The molecule has 2 rings (SSSR count). The Morgan fingerprint density at radius 1 is 1.48 bits per heavy atom. The number of aliphatic hydroxyl groups excluding tert-OH is 1. The number of aryl methyl sites for hydroxylation is 1. The zero-order valence-corrected chi connectivity index (χ0v) is 11.9. The van der Waals surface area contributed by atoms with Crippen LogP contribution in [0.2, 0.25) is 0 Å². The fourth-order valence-corrected chi connectivity index (χ4v) is 1.98. The van der Waals surface area contributed by atoms with E-state index in [-0.39, 0.29) is 12.2 Å². The lowest BCUT2D eigenvalue weighted by Crippen LogP contribution is -2.14. The molecular formula is C13H13F3N4O3. The van der Waals surface area contributed by atoms with Gasteiger partial charge in [-0.25, -0.2) is 0 Å². The highest BCUT2D eigenvalue weighted by atomic mass is 19.4. The van der Waals surface area contributed by atoms with Gasteiger partial charge in [-0.3, -0.25) is 14.8 Å². The van der Waals surface area contributed by atoms with E-state index in [1.54, 1.807) is 13.2 Å². The number of aromatic nitrogens is 2. The number of hydrogen-bond donors (Lipinski definition) is 2. The summed E-state index contributed by atoms with van der Waals surface area (Å²) in [6, 6.07) is 2.58. The Labute approximate surface area is 128 Å². The predicted molar refractivity (Wildman–Crippen MR) is 74.8 cm³/mol. The number of halogens is 3. The van der Waals surface area contributed by atoms with Gasteiger partial charge in [0, 0.05) is 37.1 Å². The summed E-state index contributed by atoms with van der Waals surface area (Å²) in [5.41, 5.74) is -1.84. The molecule has 0 aliphatic rings. The summed E-state index contributed by atoms with van der Waals surface area (Å²) in [6.45, 7) is -0.0686. The smallest absolute Gasteiger partial charge is 0.386 e. The number of anilines is 1. The first-order chi connectivity index (χ1) is 10.7. The van der Waals surface area contributed by atoms with Crippen molar-refractivity contribution in [2.75, 3.05) is 11.9 Å². The number of nitrogens with zero attached hydrogens (tertiary/aromatic N) is 3. The normalized spacial score (nSPS) is 12.9. The molecule has 0 fully saturated rings. The lowest BCUT2D eigenvalue weighted by Gasteiger charge is -2.13. The molecule has 0 bridgehead atoms. The van der Waals surface area contributed by atoms with Gasteiger partial charge in [0.25, 0.3) is 5.69 Å². The Hall–Kier alpha value is -2.62. The van der Waals surface area contributed by atoms with E-state index in [0.717, 1.165) is 12.1 Å². The van der Waals surface area contributed by atoms with Crippen LogP contribution in [-0.2, 0) is 13.2 Å². The average molecular weight is 330 g/mol. The highest BCUT2D eigenvalue weighted by Gasteiger charge is 2.38. The minimum atomic E-state index is -4.85. The number of aliphatic hydroxyl groups is 1. The number of nitro groups is 1. The second-order valence-electron chi connectivity index (χ2n) is 4.83. The number of rotatable bonds is 5. The van der Waals surface area contributed by atoms with Gasteiger partial charge < -0.3 is 10.4 Å². The number of hydrogen-bond acceptors (Lipinski definition) is 5. The van der Waals surface area contributed by atoms with Crippen LogP contribution in [0.25, 0.3) is 0 Å². The van der Waals surface area contributed by atoms with E-state index < -0.39 is 28.5 Å². The summed E-state index contributed by atoms with van der Waals surface area (Å²) >= 11 is 0. The van der Waals surface area contributed by atoms with Gasteiger partial charge in [0.15, 0.2) is 0 Å². The molecule has 0 aliphatic heterocycles. The maximum atomic E-state index is 12.9. The Kier molecular flexibility index (Phi) is 4.55. The molecule has 0 saturated heterocycles. The Bertz CT molecular complexity index is 715. The van der Waals surface area contributed by atoms with Crippen LogP contribution >= 0.6 is 0 Å². The van der Waals surface area contributed by atoms with Crippen LogP contribution in [-0.4, -0.2) is 26.4 Å². The molecule has 2 aromatic rings. The monoisotopic (exact) mass is 330 g/mol. The second-order valence-corrected chi connectivity index (χ2v) is 4.83. The minimum absolute atomic E-state index is 0.0193. The topological polar surface area (TPSA) is 93.2 Å². The standard InChI is InChI=1S/C13H13F3N4O3/c1-19-7-8(5-18-19)12(21)6-17-9-2-3-11(20(22)23)10(4-9)13(14,15)16/h2-5,7,12,17,21H,6H2,1H3/t12-/m0/s1. The largest absolute Gasteiger partial charge is 0.423 e. The summed E-state index contributed by atoms with van der Waals surface area (Å²) in [5, 5.41) is 27.1. The lowest BCUT2D eigenvalue weighted by atomic mass is 10.1. The fourth-order valence-electron chi connectivity index (χ4n) is 1.98. The SMILES string of the molecule is Cn1cc([C@@H](O)CNc2ccc([N+](=O)[O-])c(C(F)(F)F)c2)cn1. The summed E-state index contributed by atoms with van der Waals surface area (Å²) in [6.07, 6.45) is -2.82. The molecule has 10 heteroatoms. The van der Waals surface area contributed by atoms with Gasteiger partial charge in [-0.1, -0.05) is 0 Å². The molecule has 124 valence electrons. The molecule has 0 spiro atoms. The van der Waals surface area contributed by atoms with Crippen molar-refractivity contribution >= 4 is 11.4 Å². The van der Waals surface area contributed by atoms with Crippen molar-refractivity contribution in [2.45, 2.75) is 12.3 Å². The first kappa shape index (κ1) is 16.7. The molecule has 1 heterocycles. The third kappa shape index (κ3) is 3.97. The molecule has 2 N–H and O–H groups in total. The van der Waals surface area contributed by atoms with E-state index in [4.69, 9.17) is 0 Å². The van der Waals surface area contributed by atoms with Gasteiger partial charge in [0.2, 0.25) is 0 Å². The van der Waals surface area contributed by atoms with Gasteiger partial charge in [0.05, 0.1) is 17.2 Å². The van der Waals surface area contributed by atoms with Crippen LogP contribution in [0.1, 0.15) is 17.2 Å². The summed E-state index contributed by atoms with van der Waals surface area (Å²) in [7, 11) is 1.66. The highest BCUT2D eigenvalue weighted by molar-refractivity contribution is 5.55. The Balaban J connectivity index is 2.16. The maximum absolute atomic E-state index is 12.9. The van der Waals surface area contributed by atoms with Crippen molar-refractivity contribution in [3.05, 3.63) is 51.8 Å². The van der Waals surface area contributed by atoms with E-state index in [9.17, 15) is 28.4 Å². The molecule has 23 heavy (non-hydrogen) atoms. The summed E-state index contributed by atoms with van der Waals surface area (Å²) in [5.74, 6) is 0. The van der Waals surface area contributed by atoms with Crippen LogP contribution < -0.4 is 5.32 Å². The van der Waals surface area contributed by atoms with Gasteiger partial charge in [-0.2, -0.15) is 18.3 Å². The predicted octanol–water partition coefficient (Wildman–Crippen LogP) is 2.49. The quantitative estimate of drug-likeness (QED) is 0.649. The number of nitro benzene ring substituents is 1. The molecule has 0 saturated carbocycles. The van der Waals surface area contributed by atoms with E-state index in [1.807, 2.05) is 0 Å². The summed E-state index contributed by atoms with van der Waals surface area (Å²) < 4.78 is 40.1. The van der Waals surface area contributed by atoms with Crippen molar-refractivity contribution in [2.24, 2.45) is 7.05 Å². The number of alkyl halides is 3. The summed E-state index contributed by atoms with van der Waals surface area (Å²) in [4.78, 5) is 9.58. The Morgan fingerprint density at radius 3 is 2.70 bits per heavy atom. The third-order valence-corrected chi connectivity index (χ3v) is 3.11. The van der Waals surface area contributed by atoms with Crippen LogP contribution in [0.3, 0.4) is 0 Å². The molecule has 0 unspecified atom stereocenters. The van der Waals surface area contributed by atoms with Crippen molar-refractivity contribution in [3.8, 4) is 0 Å². The molecular weight excluding hydrogens is 317 g/mol. The second kappa shape index (κ2) is 6.24. The van der Waals surface area contributed by atoms with Crippen LogP contribution in [0.4, 0.5) is 24.5 Å². The number of benzene rings is 1. The van der Waals surface area contributed by atoms with Crippen LogP contribution in [0, 0.1) is 10.1 Å². The zero-order chi connectivity index (χ0) is 17.2. The van der Waals surface area contributed by atoms with Crippen molar-refractivity contribution in [1.29, 1.82) is 0 Å².